The van der Waals surface area contributed by atoms with E-state index in [9.17, 15) is 5.11 Å². The number of hydrogen-bond donors (Lipinski definition) is 2. The topological polar surface area (TPSA) is 94.4 Å². The molecule has 16 heavy (non-hydrogen) atoms. The van der Waals surface area contributed by atoms with Gasteiger partial charge in [-0.15, -0.1) is 0 Å². The first-order valence-electron chi connectivity index (χ1n) is 4.61. The number of phenols is 1. The van der Waals surface area contributed by atoms with Gasteiger partial charge in [-0.1, -0.05) is 5.16 Å². The highest BCUT2D eigenvalue weighted by atomic mass is 16.5. The van der Waals surface area contributed by atoms with Crippen LogP contribution in [0.25, 0.3) is 11.5 Å². The first-order valence-corrected chi connectivity index (χ1v) is 4.61. The average Bonchev–Trinajstić information content (AvgIpc) is 2.71. The first kappa shape index (κ1) is 10.4. The first-order chi connectivity index (χ1) is 7.70. The van der Waals surface area contributed by atoms with E-state index < -0.39 is 0 Å². The van der Waals surface area contributed by atoms with Crippen LogP contribution in [0.5, 0.6) is 5.75 Å². The van der Waals surface area contributed by atoms with E-state index in [0.29, 0.717) is 23.0 Å². The molecule has 0 aliphatic rings. The van der Waals surface area contributed by atoms with E-state index in [4.69, 9.17) is 15.0 Å². The van der Waals surface area contributed by atoms with Crippen LogP contribution in [-0.2, 0) is 11.3 Å². The van der Waals surface area contributed by atoms with Gasteiger partial charge in [0.05, 0.1) is 5.69 Å². The van der Waals surface area contributed by atoms with Crippen LogP contribution in [0.1, 0.15) is 5.82 Å². The van der Waals surface area contributed by atoms with Crippen LogP contribution < -0.4 is 5.73 Å². The molecule has 0 radical (unpaired) electrons. The molecule has 0 unspecified atom stereocenters. The van der Waals surface area contributed by atoms with Crippen molar-refractivity contribution in [3.05, 3.63) is 24.0 Å². The monoisotopic (exact) mass is 221 g/mol. The van der Waals surface area contributed by atoms with E-state index in [0.717, 1.165) is 0 Å². The molecule has 2 aromatic rings. The zero-order chi connectivity index (χ0) is 11.5. The highest BCUT2D eigenvalue weighted by Crippen LogP contribution is 2.26. The second kappa shape index (κ2) is 4.19. The summed E-state index contributed by atoms with van der Waals surface area (Å²) in [6.07, 6.45) is 0. The lowest BCUT2D eigenvalue weighted by molar-refractivity contribution is 0.174. The minimum absolute atomic E-state index is 0.0102. The maximum absolute atomic E-state index is 9.43. The summed E-state index contributed by atoms with van der Waals surface area (Å²) in [5.41, 5.74) is 6.40. The van der Waals surface area contributed by atoms with Gasteiger partial charge in [-0.05, 0) is 18.2 Å². The van der Waals surface area contributed by atoms with Crippen LogP contribution in [0.15, 0.2) is 22.7 Å². The number of aromatic nitrogens is 2. The lowest BCUT2D eigenvalue weighted by Gasteiger charge is -1.99. The number of methoxy groups -OCH3 is 1. The third kappa shape index (κ3) is 1.96. The molecule has 1 aromatic carbocycles. The SMILES string of the molecule is COCc1noc(-c2ccc(N)c(O)c2)n1. The quantitative estimate of drug-likeness (QED) is 0.596. The molecule has 0 atom stereocenters. The molecule has 0 amide bonds. The van der Waals surface area contributed by atoms with Crippen molar-refractivity contribution in [3.8, 4) is 17.2 Å². The maximum atomic E-state index is 9.43. The Balaban J connectivity index is 2.31. The number of benzene rings is 1. The Morgan fingerprint density at radius 2 is 2.31 bits per heavy atom. The smallest absolute Gasteiger partial charge is 0.258 e. The molecular formula is C10H11N3O3. The molecule has 0 spiro atoms. The Morgan fingerprint density at radius 3 is 3.00 bits per heavy atom. The van der Waals surface area contributed by atoms with Crippen LogP contribution in [0.4, 0.5) is 5.69 Å². The number of nitrogen functional groups attached to an aromatic ring is 1. The molecule has 1 heterocycles. The van der Waals surface area contributed by atoms with Crippen LogP contribution in [0.2, 0.25) is 0 Å². The minimum atomic E-state index is -0.0102. The number of anilines is 1. The molecule has 84 valence electrons. The Morgan fingerprint density at radius 1 is 1.50 bits per heavy atom. The standard InChI is InChI=1S/C10H11N3O3/c1-15-5-9-12-10(16-13-9)6-2-3-7(11)8(14)4-6/h2-4,14H,5,11H2,1H3. The van der Waals surface area contributed by atoms with Gasteiger partial charge in [0.1, 0.15) is 12.4 Å². The van der Waals surface area contributed by atoms with Crippen molar-refractivity contribution in [2.75, 3.05) is 12.8 Å². The van der Waals surface area contributed by atoms with Gasteiger partial charge < -0.3 is 20.1 Å². The predicted octanol–water partition coefficient (Wildman–Crippen LogP) is 1.17. The van der Waals surface area contributed by atoms with Crippen LogP contribution in [0, 0.1) is 0 Å². The Labute approximate surface area is 91.7 Å². The van der Waals surface area contributed by atoms with Crippen LogP contribution in [0.3, 0.4) is 0 Å². The molecule has 0 saturated carbocycles. The van der Waals surface area contributed by atoms with Gasteiger partial charge in [-0.25, -0.2) is 0 Å². The minimum Gasteiger partial charge on any atom is -0.506 e. The number of nitrogens with zero attached hydrogens (tertiary/aromatic N) is 2. The molecular weight excluding hydrogens is 210 g/mol. The number of ether oxygens (including phenoxy) is 1. The van der Waals surface area contributed by atoms with Crippen molar-refractivity contribution in [2.24, 2.45) is 0 Å². The predicted molar refractivity (Wildman–Crippen MR) is 56.5 cm³/mol. The van der Waals surface area contributed by atoms with Gasteiger partial charge in [-0.3, -0.25) is 0 Å². The van der Waals surface area contributed by atoms with Crippen LogP contribution in [-0.4, -0.2) is 22.4 Å². The summed E-state index contributed by atoms with van der Waals surface area (Å²) in [5.74, 6) is 0.764. The molecule has 0 aliphatic carbocycles. The van der Waals surface area contributed by atoms with E-state index >= 15 is 0 Å². The lowest BCUT2D eigenvalue weighted by atomic mass is 10.2. The molecule has 0 saturated heterocycles. The van der Waals surface area contributed by atoms with E-state index in [1.165, 1.54) is 6.07 Å². The van der Waals surface area contributed by atoms with Crippen molar-refractivity contribution in [3.63, 3.8) is 0 Å². The van der Waals surface area contributed by atoms with Gasteiger partial charge in [0, 0.05) is 12.7 Å². The van der Waals surface area contributed by atoms with Crippen molar-refractivity contribution in [2.45, 2.75) is 6.61 Å². The Kier molecular flexibility index (Phi) is 2.74. The molecule has 0 bridgehead atoms. The van der Waals surface area contributed by atoms with Crippen LogP contribution >= 0.6 is 0 Å². The van der Waals surface area contributed by atoms with Gasteiger partial charge in [0.2, 0.25) is 0 Å². The van der Waals surface area contributed by atoms with E-state index in [2.05, 4.69) is 10.1 Å². The number of rotatable bonds is 3. The maximum Gasteiger partial charge on any atom is 0.258 e. The van der Waals surface area contributed by atoms with E-state index in [1.807, 2.05) is 0 Å². The zero-order valence-electron chi connectivity index (χ0n) is 8.67. The second-order valence-electron chi connectivity index (χ2n) is 3.22. The number of hydrogen-bond acceptors (Lipinski definition) is 6. The van der Waals surface area contributed by atoms with Crippen molar-refractivity contribution >= 4 is 5.69 Å². The van der Waals surface area contributed by atoms with Gasteiger partial charge >= 0.3 is 0 Å². The van der Waals surface area contributed by atoms with Gasteiger partial charge in [0.25, 0.3) is 5.89 Å². The fourth-order valence-electron chi connectivity index (χ4n) is 1.24. The molecule has 6 nitrogen and oxygen atoms in total. The summed E-state index contributed by atoms with van der Waals surface area (Å²) in [4.78, 5) is 4.09. The Hall–Kier alpha value is -2.08. The number of nitrogens with two attached hydrogens (primary N) is 1. The fraction of sp³-hybridized carbons (Fsp3) is 0.200. The normalized spacial score (nSPS) is 10.6. The zero-order valence-corrected chi connectivity index (χ0v) is 8.67. The number of aromatic hydroxyl groups is 1. The molecule has 3 N–H and O–H groups in total. The third-order valence-electron chi connectivity index (χ3n) is 2.02. The number of phenolic OH excluding ortho intramolecular Hbond substituents is 1. The van der Waals surface area contributed by atoms with E-state index in [-0.39, 0.29) is 12.4 Å². The summed E-state index contributed by atoms with van der Waals surface area (Å²) in [5, 5.41) is 13.1. The average molecular weight is 221 g/mol. The van der Waals surface area contributed by atoms with Crippen molar-refractivity contribution < 1.29 is 14.4 Å². The summed E-state index contributed by atoms with van der Waals surface area (Å²) in [7, 11) is 1.55. The fourth-order valence-corrected chi connectivity index (χ4v) is 1.24. The molecule has 2 rings (SSSR count). The van der Waals surface area contributed by atoms with Crippen molar-refractivity contribution in [1.82, 2.24) is 10.1 Å². The lowest BCUT2D eigenvalue weighted by Crippen LogP contribution is -1.89. The van der Waals surface area contributed by atoms with E-state index in [1.54, 1.807) is 19.2 Å². The summed E-state index contributed by atoms with van der Waals surface area (Å²) in [6, 6.07) is 4.74. The summed E-state index contributed by atoms with van der Waals surface area (Å²) >= 11 is 0. The highest BCUT2D eigenvalue weighted by molar-refractivity contribution is 5.63. The molecule has 0 aliphatic heterocycles. The van der Waals surface area contributed by atoms with Gasteiger partial charge in [0.15, 0.2) is 5.82 Å². The highest BCUT2D eigenvalue weighted by Gasteiger charge is 2.09. The largest absolute Gasteiger partial charge is 0.506 e. The molecule has 6 heteroatoms. The van der Waals surface area contributed by atoms with Crippen molar-refractivity contribution in [1.29, 1.82) is 0 Å². The summed E-state index contributed by atoms with van der Waals surface area (Å²) in [6.45, 7) is 0.282. The van der Waals surface area contributed by atoms with Gasteiger partial charge in [-0.2, -0.15) is 4.98 Å². The third-order valence-corrected chi connectivity index (χ3v) is 2.02. The summed E-state index contributed by atoms with van der Waals surface area (Å²) < 4.78 is 9.87. The molecule has 0 fully saturated rings. The molecule has 1 aromatic heterocycles. The second-order valence-corrected chi connectivity index (χ2v) is 3.22. The Bertz CT molecular complexity index is 496.